The molecule has 18 heavy (non-hydrogen) atoms. The summed E-state index contributed by atoms with van der Waals surface area (Å²) in [6.45, 7) is 2.17. The Bertz CT molecular complexity index is 416. The van der Waals surface area contributed by atoms with Crippen LogP contribution in [0.2, 0.25) is 0 Å². The van der Waals surface area contributed by atoms with Gasteiger partial charge in [-0.15, -0.1) is 0 Å². The Morgan fingerprint density at radius 3 is 2.83 bits per heavy atom. The third kappa shape index (κ3) is 3.65. The first kappa shape index (κ1) is 14.7. The number of hydrogen-bond acceptors (Lipinski definition) is 3. The normalized spacial score (nSPS) is 26.0. The van der Waals surface area contributed by atoms with E-state index in [4.69, 9.17) is 0 Å². The smallest absolute Gasteiger partial charge is 0.137 e. The van der Waals surface area contributed by atoms with E-state index in [2.05, 4.69) is 22.9 Å². The molecule has 5 heteroatoms. The highest BCUT2D eigenvalue weighted by atomic mass is 79.9. The van der Waals surface area contributed by atoms with Crippen LogP contribution in [0.1, 0.15) is 12.5 Å². The van der Waals surface area contributed by atoms with Gasteiger partial charge < -0.3 is 5.11 Å². The minimum atomic E-state index is -0.366. The predicted molar refractivity (Wildman–Crippen MR) is 82.0 cm³/mol. The Hall–Kier alpha value is 0.290. The summed E-state index contributed by atoms with van der Waals surface area (Å²) in [5.41, 5.74) is 0.971. The molecule has 1 aliphatic rings. The minimum Gasteiger partial charge on any atom is -0.392 e. The zero-order valence-electron chi connectivity index (χ0n) is 10.1. The van der Waals surface area contributed by atoms with Crippen LogP contribution >= 0.6 is 39.5 Å². The van der Waals surface area contributed by atoms with E-state index in [1.807, 2.05) is 23.5 Å². The maximum Gasteiger partial charge on any atom is 0.137 e. The van der Waals surface area contributed by atoms with Gasteiger partial charge >= 0.3 is 0 Å². The Morgan fingerprint density at radius 2 is 2.17 bits per heavy atom. The monoisotopic (exact) mass is 350 g/mol. The van der Waals surface area contributed by atoms with Crippen molar-refractivity contribution >= 4 is 39.5 Å². The number of benzene rings is 1. The van der Waals surface area contributed by atoms with Crippen molar-refractivity contribution in [2.75, 3.05) is 11.5 Å². The van der Waals surface area contributed by atoms with Gasteiger partial charge in [-0.25, -0.2) is 4.39 Å². The van der Waals surface area contributed by atoms with Gasteiger partial charge in [0.15, 0.2) is 0 Å². The lowest BCUT2D eigenvalue weighted by molar-refractivity contribution is 0.171. The third-order valence-corrected chi connectivity index (χ3v) is 6.89. The summed E-state index contributed by atoms with van der Waals surface area (Å²) in [6.07, 6.45) is 0.219. The average molecular weight is 351 g/mol. The lowest BCUT2D eigenvalue weighted by Gasteiger charge is -2.31. The van der Waals surface area contributed by atoms with Crippen molar-refractivity contribution in [1.82, 2.24) is 0 Å². The van der Waals surface area contributed by atoms with Gasteiger partial charge in [-0.05, 0) is 40.0 Å². The van der Waals surface area contributed by atoms with Crippen molar-refractivity contribution in [3.63, 3.8) is 0 Å². The number of rotatable bonds is 3. The number of aliphatic hydroxyl groups excluding tert-OH is 1. The van der Waals surface area contributed by atoms with E-state index in [1.165, 1.54) is 6.07 Å². The van der Waals surface area contributed by atoms with Gasteiger partial charge in [-0.1, -0.05) is 13.0 Å². The highest BCUT2D eigenvalue weighted by Gasteiger charge is 2.29. The van der Waals surface area contributed by atoms with Gasteiger partial charge in [0.1, 0.15) is 5.82 Å². The van der Waals surface area contributed by atoms with Crippen LogP contribution < -0.4 is 0 Å². The van der Waals surface area contributed by atoms with E-state index in [0.717, 1.165) is 17.1 Å². The number of aliphatic hydroxyl groups is 1. The molecule has 2 rings (SSSR count). The van der Waals surface area contributed by atoms with E-state index >= 15 is 0 Å². The second-order valence-corrected chi connectivity index (χ2v) is 8.06. The molecule has 0 aromatic heterocycles. The lowest BCUT2D eigenvalue weighted by atomic mass is 10.0. The molecule has 3 atom stereocenters. The lowest BCUT2D eigenvalue weighted by Crippen LogP contribution is -2.36. The van der Waals surface area contributed by atoms with Gasteiger partial charge in [-0.3, -0.25) is 0 Å². The van der Waals surface area contributed by atoms with E-state index in [1.54, 1.807) is 12.1 Å². The Labute approximate surface area is 124 Å². The second kappa shape index (κ2) is 6.64. The molecule has 0 spiro atoms. The molecule has 1 aromatic rings. The van der Waals surface area contributed by atoms with E-state index in [-0.39, 0.29) is 17.2 Å². The fourth-order valence-electron chi connectivity index (χ4n) is 2.10. The summed E-state index contributed by atoms with van der Waals surface area (Å²) in [7, 11) is 0. The van der Waals surface area contributed by atoms with Crippen LogP contribution in [0.5, 0.6) is 0 Å². The van der Waals surface area contributed by atoms with Crippen molar-refractivity contribution < 1.29 is 9.50 Å². The molecule has 1 nitrogen and oxygen atoms in total. The van der Waals surface area contributed by atoms with Crippen molar-refractivity contribution in [2.45, 2.75) is 29.9 Å². The maximum absolute atomic E-state index is 13.1. The molecule has 1 fully saturated rings. The fraction of sp³-hybridized carbons (Fsp3) is 0.538. The van der Waals surface area contributed by atoms with Gasteiger partial charge in [-0.2, -0.15) is 23.5 Å². The van der Waals surface area contributed by atoms with Crippen LogP contribution in [0.25, 0.3) is 0 Å². The first-order valence-electron chi connectivity index (χ1n) is 5.93. The SMILES string of the molecule is CC1SCCSC1C(O)Cc1ccc(F)c(Br)c1. The van der Waals surface area contributed by atoms with Crippen LogP contribution in [-0.4, -0.2) is 33.2 Å². The molecule has 1 heterocycles. The summed E-state index contributed by atoms with van der Waals surface area (Å²) < 4.78 is 13.6. The standard InChI is InChI=1S/C13H16BrFOS2/c1-8-13(18-5-4-17-8)12(16)7-9-2-3-11(15)10(14)6-9/h2-3,6,8,12-13,16H,4-5,7H2,1H3. The number of hydrogen-bond donors (Lipinski definition) is 1. The molecule has 3 unspecified atom stereocenters. The molecule has 1 aromatic carbocycles. The van der Waals surface area contributed by atoms with Gasteiger partial charge in [0.2, 0.25) is 0 Å². The Kier molecular flexibility index (Phi) is 5.42. The molecule has 0 bridgehead atoms. The van der Waals surface area contributed by atoms with Crippen molar-refractivity contribution in [3.8, 4) is 0 Å². The quantitative estimate of drug-likeness (QED) is 0.896. The summed E-state index contributed by atoms with van der Waals surface area (Å²) >= 11 is 6.95. The number of halogens is 2. The van der Waals surface area contributed by atoms with Gasteiger partial charge in [0, 0.05) is 22.0 Å². The molecule has 0 radical (unpaired) electrons. The molecule has 0 saturated carbocycles. The highest BCUT2D eigenvalue weighted by molar-refractivity contribution is 9.10. The van der Waals surface area contributed by atoms with Gasteiger partial charge in [0.25, 0.3) is 0 Å². The van der Waals surface area contributed by atoms with Crippen LogP contribution in [0.4, 0.5) is 4.39 Å². The summed E-state index contributed by atoms with van der Waals surface area (Å²) in [6, 6.07) is 4.94. The fourth-order valence-corrected chi connectivity index (χ4v) is 5.37. The van der Waals surface area contributed by atoms with Gasteiger partial charge in [0.05, 0.1) is 10.6 Å². The zero-order valence-corrected chi connectivity index (χ0v) is 13.3. The highest BCUT2D eigenvalue weighted by Crippen LogP contribution is 2.34. The molecule has 0 aliphatic carbocycles. The Balaban J connectivity index is 2.01. The van der Waals surface area contributed by atoms with Crippen molar-refractivity contribution in [2.24, 2.45) is 0 Å². The van der Waals surface area contributed by atoms with Crippen LogP contribution in [-0.2, 0) is 6.42 Å². The maximum atomic E-state index is 13.1. The average Bonchev–Trinajstić information content (AvgIpc) is 2.34. The van der Waals surface area contributed by atoms with E-state index < -0.39 is 0 Å². The zero-order chi connectivity index (χ0) is 13.1. The van der Waals surface area contributed by atoms with Crippen molar-refractivity contribution in [3.05, 3.63) is 34.1 Å². The van der Waals surface area contributed by atoms with Crippen LogP contribution in [0.3, 0.4) is 0 Å². The molecule has 1 N–H and O–H groups in total. The summed E-state index contributed by atoms with van der Waals surface area (Å²) in [5.74, 6) is 2.00. The first-order chi connectivity index (χ1) is 8.58. The molecule has 1 saturated heterocycles. The summed E-state index contributed by atoms with van der Waals surface area (Å²) in [5, 5.41) is 11.1. The molecular formula is C13H16BrFOS2. The molecular weight excluding hydrogens is 335 g/mol. The first-order valence-corrected chi connectivity index (χ1v) is 8.82. The molecule has 1 aliphatic heterocycles. The second-order valence-electron chi connectivity index (χ2n) is 4.43. The van der Waals surface area contributed by atoms with E-state index in [0.29, 0.717) is 16.1 Å². The third-order valence-electron chi connectivity index (χ3n) is 3.05. The Morgan fingerprint density at radius 1 is 1.44 bits per heavy atom. The van der Waals surface area contributed by atoms with Crippen LogP contribution in [0, 0.1) is 5.82 Å². The van der Waals surface area contributed by atoms with Crippen molar-refractivity contribution in [1.29, 1.82) is 0 Å². The topological polar surface area (TPSA) is 20.2 Å². The summed E-state index contributed by atoms with van der Waals surface area (Å²) in [4.78, 5) is 0. The number of thioether (sulfide) groups is 2. The minimum absolute atomic E-state index is 0.260. The molecule has 0 amide bonds. The van der Waals surface area contributed by atoms with Crippen LogP contribution in [0.15, 0.2) is 22.7 Å². The molecule has 100 valence electrons. The largest absolute Gasteiger partial charge is 0.392 e. The predicted octanol–water partition coefficient (Wildman–Crippen LogP) is 3.73. The van der Waals surface area contributed by atoms with E-state index in [9.17, 15) is 9.50 Å².